The Morgan fingerprint density at radius 1 is 0.568 bits per heavy atom. The first-order valence-corrected chi connectivity index (χ1v) is 15.6. The maximum absolute atomic E-state index is 2.42. The van der Waals surface area contributed by atoms with E-state index in [0.717, 1.165) is 12.8 Å². The Hall–Kier alpha value is -5.20. The van der Waals surface area contributed by atoms with E-state index in [1.165, 1.54) is 77.2 Å². The zero-order valence-electron chi connectivity index (χ0n) is 25.4. The van der Waals surface area contributed by atoms with Crippen molar-refractivity contribution in [1.82, 2.24) is 0 Å². The second-order valence-electron chi connectivity index (χ2n) is 11.6. The van der Waals surface area contributed by atoms with Crippen molar-refractivity contribution < 1.29 is 0 Å². The quantitative estimate of drug-likeness (QED) is 0.200. The summed E-state index contributed by atoms with van der Waals surface area (Å²) in [5, 5.41) is 5.16. The third-order valence-electron chi connectivity index (χ3n) is 8.91. The number of benzene rings is 5. The van der Waals surface area contributed by atoms with Crippen molar-refractivity contribution in [2.45, 2.75) is 26.7 Å². The molecule has 7 rings (SSSR count). The third-order valence-corrected chi connectivity index (χ3v) is 8.91. The van der Waals surface area contributed by atoms with Gasteiger partial charge in [-0.05, 0) is 110 Å². The molecule has 212 valence electrons. The zero-order chi connectivity index (χ0) is 29.9. The lowest BCUT2D eigenvalue weighted by molar-refractivity contribution is 0.992. The summed E-state index contributed by atoms with van der Waals surface area (Å²) in [7, 11) is 0. The van der Waals surface area contributed by atoms with E-state index in [4.69, 9.17) is 0 Å². The third kappa shape index (κ3) is 5.14. The molecule has 0 heteroatoms. The molecule has 0 aliphatic heterocycles. The molecule has 0 aromatic heterocycles. The van der Waals surface area contributed by atoms with Gasteiger partial charge < -0.3 is 0 Å². The Morgan fingerprint density at radius 3 is 2.02 bits per heavy atom. The molecule has 0 bridgehead atoms. The van der Waals surface area contributed by atoms with Crippen LogP contribution in [0.25, 0.3) is 67.1 Å². The van der Waals surface area contributed by atoms with E-state index in [1.807, 2.05) is 0 Å². The average molecular weight is 565 g/mol. The summed E-state index contributed by atoms with van der Waals surface area (Å²) in [6.07, 6.45) is 11.3. The summed E-state index contributed by atoms with van der Waals surface area (Å²) in [5.41, 5.74) is 12.9. The van der Waals surface area contributed by atoms with Gasteiger partial charge in [0.1, 0.15) is 0 Å². The minimum atomic E-state index is 1.09. The fourth-order valence-corrected chi connectivity index (χ4v) is 6.77. The first kappa shape index (κ1) is 27.6. The van der Waals surface area contributed by atoms with Crippen LogP contribution in [0, 0.1) is 6.92 Å². The molecule has 1 aliphatic rings. The molecule has 0 heterocycles. The van der Waals surface area contributed by atoms with Crippen LogP contribution in [0.2, 0.25) is 0 Å². The monoisotopic (exact) mass is 564 g/mol. The Balaban J connectivity index is 1.42. The van der Waals surface area contributed by atoms with Crippen LogP contribution < -0.4 is 0 Å². The van der Waals surface area contributed by atoms with E-state index >= 15 is 0 Å². The maximum atomic E-state index is 2.42. The number of fused-ring (bicyclic) bond motifs is 4. The highest BCUT2D eigenvalue weighted by Crippen LogP contribution is 2.39. The average Bonchev–Trinajstić information content (AvgIpc) is 3.08. The van der Waals surface area contributed by atoms with E-state index in [0.29, 0.717) is 0 Å². The van der Waals surface area contributed by atoms with Crippen molar-refractivity contribution in [2.24, 2.45) is 0 Å². The van der Waals surface area contributed by atoms with Gasteiger partial charge in [0.25, 0.3) is 0 Å². The van der Waals surface area contributed by atoms with Crippen molar-refractivity contribution in [3.63, 3.8) is 0 Å². The normalized spacial score (nSPS) is 12.4. The van der Waals surface area contributed by atoms with Crippen molar-refractivity contribution in [1.29, 1.82) is 0 Å². The molecule has 0 N–H and O–H groups in total. The van der Waals surface area contributed by atoms with E-state index in [2.05, 4.69) is 172 Å². The highest BCUT2D eigenvalue weighted by Gasteiger charge is 2.17. The van der Waals surface area contributed by atoms with E-state index < -0.39 is 0 Å². The summed E-state index contributed by atoms with van der Waals surface area (Å²) < 4.78 is 0. The van der Waals surface area contributed by atoms with Crippen molar-refractivity contribution in [2.75, 3.05) is 0 Å². The molecule has 6 aromatic rings. The Bertz CT molecular complexity index is 2110. The lowest BCUT2D eigenvalue weighted by Crippen LogP contribution is -2.01. The first-order valence-electron chi connectivity index (χ1n) is 15.6. The Morgan fingerprint density at radius 2 is 1.23 bits per heavy atom. The van der Waals surface area contributed by atoms with Crippen LogP contribution in [-0.2, 0) is 6.42 Å². The lowest BCUT2D eigenvalue weighted by Gasteiger charge is -2.20. The number of allylic oxidation sites excluding steroid dienone is 2. The molecule has 0 atom stereocenters. The molecule has 0 nitrogen and oxygen atoms in total. The van der Waals surface area contributed by atoms with Gasteiger partial charge in [-0.15, -0.1) is 0 Å². The van der Waals surface area contributed by atoms with E-state index in [9.17, 15) is 0 Å². The van der Waals surface area contributed by atoms with Gasteiger partial charge in [0.2, 0.25) is 0 Å². The number of hydrogen-bond acceptors (Lipinski definition) is 0. The lowest BCUT2D eigenvalue weighted by atomic mass is 9.84. The number of aryl methyl sites for hydroxylation is 1. The highest BCUT2D eigenvalue weighted by molar-refractivity contribution is 6.03. The van der Waals surface area contributed by atoms with Gasteiger partial charge in [0.15, 0.2) is 0 Å². The van der Waals surface area contributed by atoms with E-state index in [1.54, 1.807) is 0 Å². The van der Waals surface area contributed by atoms with Gasteiger partial charge in [-0.25, -0.2) is 0 Å². The standard InChI is InChI=1S/C44H36/c1-3-15-37-31(2)38-20-13-14-23-41(38)43-30-36(28-29-42(37)43)32-24-26-35(27-25-32)44-39(33-17-8-6-9-18-33)21-10-5-4-7-16-34-19-11-12-22-40(34)44/h3-13,15-22,24-30H,14,23H2,1-2H3/b5-4?,7-4?,10-5?,15-3-,16-7?,21-10?,34-16?,39-21?,44-39?,44-40?. The molecule has 44 heavy (non-hydrogen) atoms. The predicted octanol–water partition coefficient (Wildman–Crippen LogP) is 12.4. The van der Waals surface area contributed by atoms with Crippen LogP contribution >= 0.6 is 0 Å². The predicted molar refractivity (Wildman–Crippen MR) is 192 cm³/mol. The zero-order valence-corrected chi connectivity index (χ0v) is 25.4. The smallest absolute Gasteiger partial charge is 0.00268 e. The molecular weight excluding hydrogens is 528 g/mol. The topological polar surface area (TPSA) is 0 Å². The summed E-state index contributed by atoms with van der Waals surface area (Å²) in [4.78, 5) is 0. The molecule has 0 radical (unpaired) electrons. The minimum absolute atomic E-state index is 1.09. The molecule has 0 fully saturated rings. The van der Waals surface area contributed by atoms with Crippen molar-refractivity contribution in [3.05, 3.63) is 168 Å². The molecule has 0 unspecified atom stereocenters. The van der Waals surface area contributed by atoms with Crippen LogP contribution in [0.5, 0.6) is 0 Å². The van der Waals surface area contributed by atoms with Crippen LogP contribution in [0.4, 0.5) is 0 Å². The fourth-order valence-electron chi connectivity index (χ4n) is 6.77. The first-order chi connectivity index (χ1) is 21.7. The number of rotatable bonds is 4. The van der Waals surface area contributed by atoms with Gasteiger partial charge in [0, 0.05) is 0 Å². The van der Waals surface area contributed by atoms with Crippen LogP contribution in [0.3, 0.4) is 0 Å². The molecule has 0 spiro atoms. The summed E-state index contributed by atoms with van der Waals surface area (Å²) in [6.45, 7) is 4.38. The van der Waals surface area contributed by atoms with E-state index in [-0.39, 0.29) is 0 Å². The highest BCUT2D eigenvalue weighted by atomic mass is 14.2. The van der Waals surface area contributed by atoms with Crippen LogP contribution in [0.15, 0.2) is 146 Å². The number of hydrogen-bond donors (Lipinski definition) is 0. The largest absolute Gasteiger partial charge is 0.0870 e. The summed E-state index contributed by atoms with van der Waals surface area (Å²) in [5.74, 6) is 0. The summed E-state index contributed by atoms with van der Waals surface area (Å²) in [6, 6.07) is 48.6. The summed E-state index contributed by atoms with van der Waals surface area (Å²) >= 11 is 0. The minimum Gasteiger partial charge on any atom is -0.0870 e. The molecular formula is C44H36. The molecule has 0 saturated heterocycles. The Labute approximate surface area is 261 Å². The van der Waals surface area contributed by atoms with Gasteiger partial charge in [-0.1, -0.05) is 152 Å². The SMILES string of the molecule is C/C=C\c1c(C)c2c(c3cc(-c4ccc(-c5c(-c6ccccc6)ccccccc6ccccc56)cc4)ccc13)CCC=C2. The second kappa shape index (κ2) is 12.2. The van der Waals surface area contributed by atoms with Crippen LogP contribution in [0.1, 0.15) is 35.6 Å². The van der Waals surface area contributed by atoms with Gasteiger partial charge in [-0.2, -0.15) is 0 Å². The van der Waals surface area contributed by atoms with Crippen molar-refractivity contribution >= 4 is 33.7 Å². The van der Waals surface area contributed by atoms with Gasteiger partial charge in [0.05, 0.1) is 0 Å². The molecule has 0 saturated carbocycles. The molecule has 1 aliphatic carbocycles. The molecule has 6 aromatic carbocycles. The van der Waals surface area contributed by atoms with Gasteiger partial charge in [-0.3, -0.25) is 0 Å². The van der Waals surface area contributed by atoms with Crippen LogP contribution in [-0.4, -0.2) is 0 Å². The second-order valence-corrected chi connectivity index (χ2v) is 11.6. The van der Waals surface area contributed by atoms with Crippen molar-refractivity contribution in [3.8, 4) is 33.4 Å². The Kier molecular flexibility index (Phi) is 7.65. The fraction of sp³-hybridized carbons (Fsp3) is 0.0909. The maximum Gasteiger partial charge on any atom is -0.00268 e. The van der Waals surface area contributed by atoms with Gasteiger partial charge >= 0.3 is 0 Å². The molecule has 0 amide bonds.